The van der Waals surface area contributed by atoms with Gasteiger partial charge >= 0.3 is 6.09 Å². The van der Waals surface area contributed by atoms with E-state index in [2.05, 4.69) is 61.2 Å². The molecule has 4 N–H and O–H groups in total. The number of anilines is 1. The normalized spacial score (nSPS) is 16.3. The molecule has 1 saturated heterocycles. The van der Waals surface area contributed by atoms with Gasteiger partial charge in [-0.1, -0.05) is 87.5 Å². The van der Waals surface area contributed by atoms with E-state index in [0.29, 0.717) is 30.7 Å². The molecule has 0 radical (unpaired) electrons. The fourth-order valence-corrected chi connectivity index (χ4v) is 10.1. The van der Waals surface area contributed by atoms with Crippen molar-refractivity contribution >= 4 is 36.9 Å². The summed E-state index contributed by atoms with van der Waals surface area (Å²) in [5.41, 5.74) is 5.68. The van der Waals surface area contributed by atoms with E-state index in [1.807, 2.05) is 79.8 Å². The molecule has 2 amide bonds. The monoisotopic (exact) mass is 843 g/mol. The van der Waals surface area contributed by atoms with Gasteiger partial charge in [-0.2, -0.15) is 0 Å². The van der Waals surface area contributed by atoms with E-state index in [9.17, 15) is 24.6 Å². The second-order valence-corrected chi connectivity index (χ2v) is 23.4. The molecule has 7 rings (SSSR count). The highest BCUT2D eigenvalue weighted by atomic mass is 28.4. The van der Waals surface area contributed by atoms with E-state index in [-0.39, 0.29) is 39.8 Å². The first-order chi connectivity index (χ1) is 29.0. The van der Waals surface area contributed by atoms with Crippen LogP contribution in [0.3, 0.4) is 0 Å². The smallest absolute Gasteiger partial charge is 0.412 e. The van der Waals surface area contributed by atoms with Crippen LogP contribution in [0.1, 0.15) is 74.0 Å². The van der Waals surface area contributed by atoms with Gasteiger partial charge < -0.3 is 29.8 Å². The van der Waals surface area contributed by atoms with Crippen molar-refractivity contribution in [3.8, 4) is 16.9 Å². The molecule has 1 aromatic heterocycles. The van der Waals surface area contributed by atoms with E-state index in [0.717, 1.165) is 78.6 Å². The molecule has 12 heteroatoms. The highest BCUT2D eigenvalue weighted by Crippen LogP contribution is 2.52. The van der Waals surface area contributed by atoms with Gasteiger partial charge in [-0.05, 0) is 109 Å². The summed E-state index contributed by atoms with van der Waals surface area (Å²) in [6.45, 7) is 15.3. The molecule has 1 aliphatic heterocycles. The average molecular weight is 844 g/mol. The number of aromatic nitrogens is 1. The maximum absolute atomic E-state index is 13.5. The van der Waals surface area contributed by atoms with Crippen molar-refractivity contribution in [2.45, 2.75) is 83.3 Å². The van der Waals surface area contributed by atoms with Crippen LogP contribution in [0.4, 0.5) is 10.5 Å². The Morgan fingerprint density at radius 3 is 2.28 bits per heavy atom. The Morgan fingerprint density at radius 2 is 1.61 bits per heavy atom. The van der Waals surface area contributed by atoms with Crippen molar-refractivity contribution in [1.82, 2.24) is 20.1 Å². The fraction of sp³-hybridized carbons (Fsp3) is 0.408. The third kappa shape index (κ3) is 9.78. The SMILES string of the molecule is CN(CCNC[C@H](O[Si](C)(C)C(C)(C)C)c1ccc(O)c2[nH]c(=O)ccc12)C(=O)c1ccc(CN2CCC3(CC2)CC(N(C(=O)O)c2ccccc2-c2ccccc2)C3)cc1. The number of likely N-dealkylation sites (tertiary alicyclic amines) is 1. The number of pyridine rings is 1. The number of aromatic hydroxyl groups is 1. The minimum absolute atomic E-state index is 0.0144. The minimum Gasteiger partial charge on any atom is -0.506 e. The highest BCUT2D eigenvalue weighted by molar-refractivity contribution is 6.74. The number of carbonyl (C=O) groups is 2. The summed E-state index contributed by atoms with van der Waals surface area (Å²) >= 11 is 0. The number of carbonyl (C=O) groups excluding carboxylic acids is 1. The van der Waals surface area contributed by atoms with Crippen LogP contribution in [0, 0.1) is 5.41 Å². The van der Waals surface area contributed by atoms with Crippen LogP contribution in [0.25, 0.3) is 22.0 Å². The van der Waals surface area contributed by atoms with Gasteiger partial charge in [0, 0.05) is 61.8 Å². The second-order valence-electron chi connectivity index (χ2n) is 18.7. The number of rotatable bonds is 14. The fourth-order valence-electron chi connectivity index (χ4n) is 8.82. The molecule has 2 heterocycles. The molecule has 0 bridgehead atoms. The van der Waals surface area contributed by atoms with Gasteiger partial charge in [-0.3, -0.25) is 19.4 Å². The van der Waals surface area contributed by atoms with Gasteiger partial charge in [-0.25, -0.2) is 4.79 Å². The maximum atomic E-state index is 13.5. The molecular formula is C49H61N5O6Si. The van der Waals surface area contributed by atoms with Crippen molar-refractivity contribution in [1.29, 1.82) is 0 Å². The number of nitrogens with zero attached hydrogens (tertiary/aromatic N) is 3. The molecule has 5 aromatic rings. The number of likely N-dealkylation sites (N-methyl/N-ethyl adjacent to an activating group) is 1. The quantitative estimate of drug-likeness (QED) is 0.0642. The Kier molecular flexibility index (Phi) is 12.9. The Labute approximate surface area is 360 Å². The molecule has 61 heavy (non-hydrogen) atoms. The summed E-state index contributed by atoms with van der Waals surface area (Å²) in [7, 11) is -0.407. The van der Waals surface area contributed by atoms with E-state index in [1.165, 1.54) is 6.07 Å². The minimum atomic E-state index is -2.22. The van der Waals surface area contributed by atoms with Gasteiger partial charge in [0.25, 0.3) is 5.91 Å². The van der Waals surface area contributed by atoms with Crippen LogP contribution in [0.15, 0.2) is 108 Å². The van der Waals surface area contributed by atoms with Crippen molar-refractivity contribution in [3.63, 3.8) is 0 Å². The number of fused-ring (bicyclic) bond motifs is 1. The summed E-state index contributed by atoms with van der Waals surface area (Å²) in [6, 6.07) is 32.4. The Morgan fingerprint density at radius 1 is 0.934 bits per heavy atom. The first kappa shape index (κ1) is 43.8. The van der Waals surface area contributed by atoms with Gasteiger partial charge in [0.1, 0.15) is 5.75 Å². The molecular weight excluding hydrogens is 783 g/mol. The molecule has 11 nitrogen and oxygen atoms in total. The molecule has 4 aromatic carbocycles. The summed E-state index contributed by atoms with van der Waals surface area (Å²) in [5, 5.41) is 25.1. The molecule has 1 aliphatic carbocycles. The number of phenolic OH excluding ortho intramolecular Hbond substituents is 1. The van der Waals surface area contributed by atoms with E-state index >= 15 is 0 Å². The lowest BCUT2D eigenvalue weighted by atomic mass is 9.60. The van der Waals surface area contributed by atoms with Gasteiger partial charge in [0.15, 0.2) is 8.32 Å². The summed E-state index contributed by atoms with van der Waals surface area (Å²) in [6.07, 6.45) is 2.60. The number of para-hydroxylation sites is 1. The van der Waals surface area contributed by atoms with Crippen molar-refractivity contribution < 1.29 is 24.2 Å². The topological polar surface area (TPSA) is 138 Å². The van der Waals surface area contributed by atoms with Crippen molar-refractivity contribution in [2.24, 2.45) is 5.41 Å². The lowest BCUT2D eigenvalue weighted by Crippen LogP contribution is -2.56. The Bertz CT molecular complexity index is 2380. The number of amides is 2. The second kappa shape index (κ2) is 18.0. The van der Waals surface area contributed by atoms with Crippen LogP contribution in [0.5, 0.6) is 5.75 Å². The number of hydrogen-bond acceptors (Lipinski definition) is 7. The predicted octanol–water partition coefficient (Wildman–Crippen LogP) is 9.25. The van der Waals surface area contributed by atoms with Gasteiger partial charge in [0.2, 0.25) is 5.56 Å². The van der Waals surface area contributed by atoms with E-state index < -0.39 is 14.4 Å². The first-order valence-electron chi connectivity index (χ1n) is 21.5. The van der Waals surface area contributed by atoms with Crippen LogP contribution in [-0.4, -0.2) is 91.1 Å². The lowest BCUT2D eigenvalue weighted by Gasteiger charge is -2.54. The van der Waals surface area contributed by atoms with Gasteiger partial charge in [0.05, 0.1) is 17.3 Å². The van der Waals surface area contributed by atoms with Crippen LogP contribution in [-0.2, 0) is 11.0 Å². The standard InChI is InChI=1S/C49H61N5O6Si/c1-48(2,3)61(5,6)60-43(39-20-22-42(55)45-40(39)21-23-44(56)51-45)32-50-26-29-52(4)46(57)36-18-16-34(17-19-36)33-53-27-24-49(25-28-53)30-37(31-49)54(47(58)59)41-15-11-10-14-38(41)35-12-8-7-9-13-35/h7-23,37,43,50,55H,24-33H2,1-6H3,(H,51,56)(H,58,59)/t43-/m0/s1. The molecule has 1 atom stereocenters. The number of nitrogens with one attached hydrogen (secondary N) is 2. The summed E-state index contributed by atoms with van der Waals surface area (Å²) in [5.74, 6) is -0.0299. The Hall–Kier alpha value is -5.27. The third-order valence-electron chi connectivity index (χ3n) is 13.5. The maximum Gasteiger partial charge on any atom is 0.412 e. The number of aromatic amines is 1. The zero-order valence-electron chi connectivity index (χ0n) is 36.4. The molecule has 0 unspecified atom stereocenters. The molecule has 322 valence electrons. The average Bonchev–Trinajstić information content (AvgIpc) is 3.22. The third-order valence-corrected chi connectivity index (χ3v) is 18.0. The first-order valence-corrected chi connectivity index (χ1v) is 24.4. The highest BCUT2D eigenvalue weighted by Gasteiger charge is 2.49. The van der Waals surface area contributed by atoms with E-state index in [4.69, 9.17) is 4.43 Å². The predicted molar refractivity (Wildman–Crippen MR) is 246 cm³/mol. The zero-order valence-corrected chi connectivity index (χ0v) is 37.4. The summed E-state index contributed by atoms with van der Waals surface area (Å²) < 4.78 is 6.92. The van der Waals surface area contributed by atoms with E-state index in [1.54, 1.807) is 21.9 Å². The van der Waals surface area contributed by atoms with Crippen LogP contribution < -0.4 is 15.8 Å². The largest absolute Gasteiger partial charge is 0.506 e. The van der Waals surface area contributed by atoms with Crippen LogP contribution >= 0.6 is 0 Å². The molecule has 2 aliphatic rings. The van der Waals surface area contributed by atoms with Crippen LogP contribution in [0.2, 0.25) is 18.1 Å². The number of carboxylic acid groups (broad SMARTS) is 1. The number of hydrogen-bond donors (Lipinski definition) is 4. The van der Waals surface area contributed by atoms with Gasteiger partial charge in [-0.15, -0.1) is 0 Å². The molecule has 2 fully saturated rings. The van der Waals surface area contributed by atoms with Crippen molar-refractivity contribution in [2.75, 3.05) is 44.7 Å². The number of piperidine rings is 1. The lowest BCUT2D eigenvalue weighted by molar-refractivity contribution is 0.0133. The zero-order chi connectivity index (χ0) is 43.5. The molecule has 1 saturated carbocycles. The number of benzene rings is 4. The number of H-pyrrole nitrogens is 1. The molecule has 1 spiro atoms. The number of phenols is 1. The Balaban J connectivity index is 0.896. The van der Waals surface area contributed by atoms with Crippen molar-refractivity contribution in [3.05, 3.63) is 130 Å². The summed E-state index contributed by atoms with van der Waals surface area (Å²) in [4.78, 5) is 46.8.